The summed E-state index contributed by atoms with van der Waals surface area (Å²) in [6.45, 7) is 0.913. The molecule has 1 rings (SSSR count). The van der Waals surface area contributed by atoms with Gasteiger partial charge in [0, 0.05) is 20.8 Å². The van der Waals surface area contributed by atoms with Crippen molar-refractivity contribution in [1.29, 1.82) is 0 Å². The Morgan fingerprint density at radius 3 is 2.53 bits per heavy atom. The molecule has 0 bridgehead atoms. The summed E-state index contributed by atoms with van der Waals surface area (Å²) in [6, 6.07) is 0. The molecular weight excluding hydrogens is 220 g/mol. The lowest BCUT2D eigenvalue weighted by Crippen LogP contribution is -2.56. The molecule has 0 heterocycles. The van der Waals surface area contributed by atoms with E-state index in [0.29, 0.717) is 13.2 Å². The molecule has 100 valence electrons. The van der Waals surface area contributed by atoms with Crippen LogP contribution in [-0.4, -0.2) is 44.9 Å². The van der Waals surface area contributed by atoms with Gasteiger partial charge in [0.1, 0.15) is 0 Å². The third-order valence-electron chi connectivity index (χ3n) is 3.37. The third-order valence-corrected chi connectivity index (χ3v) is 3.37. The second kappa shape index (κ2) is 6.93. The van der Waals surface area contributed by atoms with Crippen molar-refractivity contribution < 1.29 is 14.3 Å². The minimum atomic E-state index is -0.677. The average molecular weight is 244 g/mol. The topological polar surface area (TPSA) is 73.6 Å². The number of amides is 1. The van der Waals surface area contributed by atoms with Crippen LogP contribution in [0.25, 0.3) is 0 Å². The third kappa shape index (κ3) is 4.26. The summed E-state index contributed by atoms with van der Waals surface area (Å²) < 4.78 is 10.2. The Labute approximate surface area is 103 Å². The zero-order chi connectivity index (χ0) is 12.7. The molecule has 17 heavy (non-hydrogen) atoms. The predicted octanol–water partition coefficient (Wildman–Crippen LogP) is 0.426. The molecule has 0 aromatic carbocycles. The second-order valence-electron chi connectivity index (χ2n) is 4.74. The highest BCUT2D eigenvalue weighted by atomic mass is 16.5. The van der Waals surface area contributed by atoms with E-state index >= 15 is 0 Å². The molecule has 0 radical (unpaired) electrons. The fraction of sp³-hybridized carbons (Fsp3) is 0.917. The zero-order valence-electron chi connectivity index (χ0n) is 10.8. The number of nitrogens with one attached hydrogen (secondary N) is 1. The van der Waals surface area contributed by atoms with Gasteiger partial charge in [0.05, 0.1) is 18.2 Å². The van der Waals surface area contributed by atoms with Crippen LogP contribution in [0, 0.1) is 0 Å². The smallest absolute Gasteiger partial charge is 0.240 e. The molecule has 5 nitrogen and oxygen atoms in total. The van der Waals surface area contributed by atoms with Crippen molar-refractivity contribution in [3.05, 3.63) is 0 Å². The largest absolute Gasteiger partial charge is 0.382 e. The maximum Gasteiger partial charge on any atom is 0.240 e. The number of hydrogen-bond acceptors (Lipinski definition) is 4. The number of carbonyl (C=O) groups excluding carboxylic acids is 1. The Balaban J connectivity index is 2.37. The normalized spacial score (nSPS) is 20.9. The van der Waals surface area contributed by atoms with Crippen LogP contribution in [0.4, 0.5) is 0 Å². The van der Waals surface area contributed by atoms with Gasteiger partial charge in [0.25, 0.3) is 0 Å². The molecule has 1 atom stereocenters. The molecule has 1 fully saturated rings. The monoisotopic (exact) mass is 244 g/mol. The molecule has 1 aliphatic carbocycles. The van der Waals surface area contributed by atoms with E-state index in [-0.39, 0.29) is 12.0 Å². The molecule has 0 saturated heterocycles. The quantitative estimate of drug-likeness (QED) is 0.710. The maximum atomic E-state index is 12.0. The first-order valence-corrected chi connectivity index (χ1v) is 6.21. The van der Waals surface area contributed by atoms with Gasteiger partial charge in [-0.15, -0.1) is 0 Å². The van der Waals surface area contributed by atoms with Crippen LogP contribution in [0.3, 0.4) is 0 Å². The van der Waals surface area contributed by atoms with Crippen LogP contribution in [0.15, 0.2) is 0 Å². The van der Waals surface area contributed by atoms with E-state index in [0.717, 1.165) is 25.7 Å². The molecular formula is C12H24N2O3. The van der Waals surface area contributed by atoms with Crippen LogP contribution in [0.1, 0.15) is 32.1 Å². The van der Waals surface area contributed by atoms with Gasteiger partial charge < -0.3 is 20.5 Å². The highest BCUT2D eigenvalue weighted by Crippen LogP contribution is 2.25. The van der Waals surface area contributed by atoms with Crippen LogP contribution < -0.4 is 11.1 Å². The molecule has 1 amide bonds. The van der Waals surface area contributed by atoms with Gasteiger partial charge in [0.15, 0.2) is 0 Å². The van der Waals surface area contributed by atoms with Gasteiger partial charge in [-0.2, -0.15) is 0 Å². The second-order valence-corrected chi connectivity index (χ2v) is 4.74. The minimum absolute atomic E-state index is 0.0599. The van der Waals surface area contributed by atoms with Crippen molar-refractivity contribution >= 4 is 5.91 Å². The highest BCUT2D eigenvalue weighted by Gasteiger charge is 2.35. The van der Waals surface area contributed by atoms with Crippen LogP contribution in [-0.2, 0) is 14.3 Å². The Bertz CT molecular complexity index is 240. The molecule has 3 N–H and O–H groups in total. The first-order valence-electron chi connectivity index (χ1n) is 6.21. The number of hydrogen-bond donors (Lipinski definition) is 2. The molecule has 5 heteroatoms. The predicted molar refractivity (Wildman–Crippen MR) is 65.7 cm³/mol. The van der Waals surface area contributed by atoms with Crippen molar-refractivity contribution in [1.82, 2.24) is 5.32 Å². The summed E-state index contributed by atoms with van der Waals surface area (Å²) in [6.07, 6.45) is 4.69. The summed E-state index contributed by atoms with van der Waals surface area (Å²) in [5, 5.41) is 2.86. The fourth-order valence-corrected chi connectivity index (χ4v) is 2.19. The van der Waals surface area contributed by atoms with Gasteiger partial charge in [-0.3, -0.25) is 4.79 Å². The summed E-state index contributed by atoms with van der Waals surface area (Å²) >= 11 is 0. The van der Waals surface area contributed by atoms with Crippen LogP contribution in [0.5, 0.6) is 0 Å². The summed E-state index contributed by atoms with van der Waals surface area (Å²) in [7, 11) is 3.22. The first kappa shape index (κ1) is 14.4. The van der Waals surface area contributed by atoms with Gasteiger partial charge in [-0.05, 0) is 12.8 Å². The lowest BCUT2D eigenvalue weighted by molar-refractivity contribution is -0.128. The molecule has 1 saturated carbocycles. The van der Waals surface area contributed by atoms with E-state index in [1.807, 2.05) is 0 Å². The number of rotatable bonds is 6. The molecule has 0 aliphatic heterocycles. The maximum absolute atomic E-state index is 12.0. The lowest BCUT2D eigenvalue weighted by Gasteiger charge is -2.32. The Hall–Kier alpha value is -0.650. The van der Waals surface area contributed by atoms with Crippen molar-refractivity contribution in [2.45, 2.75) is 43.7 Å². The van der Waals surface area contributed by atoms with E-state index in [4.69, 9.17) is 15.2 Å². The number of methoxy groups -OCH3 is 2. The molecule has 1 aliphatic rings. The van der Waals surface area contributed by atoms with E-state index in [2.05, 4.69) is 5.32 Å². The molecule has 0 aromatic heterocycles. The Morgan fingerprint density at radius 1 is 1.35 bits per heavy atom. The molecule has 0 aromatic rings. The van der Waals surface area contributed by atoms with E-state index < -0.39 is 5.54 Å². The zero-order valence-corrected chi connectivity index (χ0v) is 10.8. The minimum Gasteiger partial charge on any atom is -0.382 e. The standard InChI is InChI=1S/C12H24N2O3/c1-16-9-10(17-2)8-14-11(15)12(13)6-4-3-5-7-12/h10H,3-9,13H2,1-2H3,(H,14,15). The Morgan fingerprint density at radius 2 is 2.00 bits per heavy atom. The van der Waals surface area contributed by atoms with E-state index in [9.17, 15) is 4.79 Å². The van der Waals surface area contributed by atoms with Gasteiger partial charge in [-0.25, -0.2) is 0 Å². The van der Waals surface area contributed by atoms with Crippen molar-refractivity contribution in [2.75, 3.05) is 27.4 Å². The molecule has 1 unspecified atom stereocenters. The SMILES string of the molecule is COCC(CNC(=O)C1(N)CCCCC1)OC. The highest BCUT2D eigenvalue weighted by molar-refractivity contribution is 5.86. The van der Waals surface area contributed by atoms with Crippen molar-refractivity contribution in [2.24, 2.45) is 5.73 Å². The number of carbonyl (C=O) groups is 1. The van der Waals surface area contributed by atoms with Gasteiger partial charge >= 0.3 is 0 Å². The first-order chi connectivity index (χ1) is 8.12. The summed E-state index contributed by atoms with van der Waals surface area (Å²) in [5.41, 5.74) is 5.44. The van der Waals surface area contributed by atoms with E-state index in [1.54, 1.807) is 14.2 Å². The number of ether oxygens (including phenoxy) is 2. The van der Waals surface area contributed by atoms with Gasteiger partial charge in [0.2, 0.25) is 5.91 Å². The van der Waals surface area contributed by atoms with Gasteiger partial charge in [-0.1, -0.05) is 19.3 Å². The molecule has 0 spiro atoms. The average Bonchev–Trinajstić information content (AvgIpc) is 2.35. The summed E-state index contributed by atoms with van der Waals surface area (Å²) in [4.78, 5) is 12.0. The Kier molecular flexibility index (Phi) is 5.88. The summed E-state index contributed by atoms with van der Waals surface area (Å²) in [5.74, 6) is -0.0599. The van der Waals surface area contributed by atoms with Crippen LogP contribution >= 0.6 is 0 Å². The van der Waals surface area contributed by atoms with Crippen molar-refractivity contribution in [3.63, 3.8) is 0 Å². The number of nitrogens with two attached hydrogens (primary N) is 1. The lowest BCUT2D eigenvalue weighted by atomic mass is 9.82. The fourth-order valence-electron chi connectivity index (χ4n) is 2.19. The van der Waals surface area contributed by atoms with E-state index in [1.165, 1.54) is 6.42 Å². The van der Waals surface area contributed by atoms with Crippen LogP contribution in [0.2, 0.25) is 0 Å². The van der Waals surface area contributed by atoms with Crippen molar-refractivity contribution in [3.8, 4) is 0 Å².